The van der Waals surface area contributed by atoms with Gasteiger partial charge >= 0.3 is 0 Å². The number of benzene rings is 1. The highest BCUT2D eigenvalue weighted by molar-refractivity contribution is 5.48. The molecule has 0 aliphatic carbocycles. The second-order valence-corrected chi connectivity index (χ2v) is 5.05. The Labute approximate surface area is 120 Å². The van der Waals surface area contributed by atoms with Crippen molar-refractivity contribution in [1.29, 1.82) is 0 Å². The number of nitrogens with zero attached hydrogens (tertiary/aromatic N) is 1. The highest BCUT2D eigenvalue weighted by atomic mass is 16.5. The molecule has 108 valence electrons. The smallest absolute Gasteiger partial charge is 0.134 e. The van der Waals surface area contributed by atoms with E-state index >= 15 is 0 Å². The first-order valence-corrected chi connectivity index (χ1v) is 6.99. The molecule has 0 saturated carbocycles. The van der Waals surface area contributed by atoms with E-state index in [1.807, 2.05) is 6.07 Å². The van der Waals surface area contributed by atoms with E-state index in [1.54, 1.807) is 7.11 Å². The van der Waals surface area contributed by atoms with E-state index in [0.29, 0.717) is 6.54 Å². The molecule has 0 unspecified atom stereocenters. The van der Waals surface area contributed by atoms with Gasteiger partial charge in [0.2, 0.25) is 0 Å². The third-order valence-electron chi connectivity index (χ3n) is 3.55. The van der Waals surface area contributed by atoms with Crippen molar-refractivity contribution in [2.75, 3.05) is 26.7 Å². The molecule has 1 aliphatic rings. The van der Waals surface area contributed by atoms with Crippen LogP contribution in [0.1, 0.15) is 24.0 Å². The number of hydrogen-bond acceptors (Lipinski definition) is 4. The van der Waals surface area contributed by atoms with Crippen LogP contribution < -0.4 is 10.5 Å². The minimum absolute atomic E-state index is 0.131. The molecule has 4 heteroatoms. The molecule has 1 aromatic carbocycles. The molecule has 0 bridgehead atoms. The lowest BCUT2D eigenvalue weighted by Gasteiger charge is -2.29. The van der Waals surface area contributed by atoms with Crippen molar-refractivity contribution in [1.82, 2.24) is 4.90 Å². The predicted molar refractivity (Wildman–Crippen MR) is 79.4 cm³/mol. The van der Waals surface area contributed by atoms with Gasteiger partial charge in [-0.25, -0.2) is 0 Å². The van der Waals surface area contributed by atoms with Gasteiger partial charge in [0.15, 0.2) is 0 Å². The van der Waals surface area contributed by atoms with Gasteiger partial charge in [0.05, 0.1) is 25.3 Å². The Bertz CT molecular complexity index is 497. The van der Waals surface area contributed by atoms with E-state index in [0.717, 1.165) is 43.8 Å². The van der Waals surface area contributed by atoms with Crippen molar-refractivity contribution in [2.24, 2.45) is 5.73 Å². The summed E-state index contributed by atoms with van der Waals surface area (Å²) in [4.78, 5) is 2.36. The molecule has 20 heavy (non-hydrogen) atoms. The van der Waals surface area contributed by atoms with Gasteiger partial charge in [-0.3, -0.25) is 4.90 Å². The Morgan fingerprint density at radius 1 is 1.40 bits per heavy atom. The Hall–Kier alpha value is -1.54. The Balaban J connectivity index is 2.08. The fourth-order valence-corrected chi connectivity index (χ4v) is 2.43. The molecule has 0 spiro atoms. The second kappa shape index (κ2) is 7.30. The fourth-order valence-electron chi connectivity index (χ4n) is 2.43. The molecule has 2 rings (SSSR count). The van der Waals surface area contributed by atoms with Crippen molar-refractivity contribution >= 4 is 0 Å². The highest BCUT2D eigenvalue weighted by Crippen LogP contribution is 2.21. The number of piperidine rings is 1. The number of hydrogen-bond donors (Lipinski definition) is 2. The standard InChI is InChI=1S/C16H22N2O2/c1-20-16-5-4-13(11-14(16)3-2-8-17)12-18-9-6-15(19)7-10-18/h4-5,11,15,19H,6-10,12,17H2,1H3. The first-order chi connectivity index (χ1) is 9.72. The lowest BCUT2D eigenvalue weighted by Crippen LogP contribution is -2.35. The first kappa shape index (κ1) is 14.9. The minimum Gasteiger partial charge on any atom is -0.495 e. The SMILES string of the molecule is COc1ccc(CN2CCC(O)CC2)cc1C#CCN. The van der Waals surface area contributed by atoms with Gasteiger partial charge in [-0.05, 0) is 30.5 Å². The van der Waals surface area contributed by atoms with E-state index in [4.69, 9.17) is 10.5 Å². The zero-order valence-electron chi connectivity index (χ0n) is 11.9. The van der Waals surface area contributed by atoms with Crippen molar-refractivity contribution in [3.63, 3.8) is 0 Å². The van der Waals surface area contributed by atoms with Crippen molar-refractivity contribution < 1.29 is 9.84 Å². The zero-order valence-corrected chi connectivity index (χ0v) is 11.9. The lowest BCUT2D eigenvalue weighted by molar-refractivity contribution is 0.0792. The van der Waals surface area contributed by atoms with Crippen LogP contribution in [0.4, 0.5) is 0 Å². The molecule has 0 atom stereocenters. The third-order valence-corrected chi connectivity index (χ3v) is 3.55. The van der Waals surface area contributed by atoms with E-state index in [9.17, 15) is 5.11 Å². The number of ether oxygens (including phenoxy) is 1. The second-order valence-electron chi connectivity index (χ2n) is 5.05. The van der Waals surface area contributed by atoms with Crippen molar-refractivity contribution in [3.05, 3.63) is 29.3 Å². The molecule has 1 saturated heterocycles. The van der Waals surface area contributed by atoms with Crippen LogP contribution in [-0.2, 0) is 6.54 Å². The largest absolute Gasteiger partial charge is 0.495 e. The maximum absolute atomic E-state index is 9.53. The highest BCUT2D eigenvalue weighted by Gasteiger charge is 2.17. The number of nitrogens with two attached hydrogens (primary N) is 1. The molecule has 4 nitrogen and oxygen atoms in total. The summed E-state index contributed by atoms with van der Waals surface area (Å²) in [7, 11) is 1.65. The number of rotatable bonds is 3. The van der Waals surface area contributed by atoms with Gasteiger partial charge in [-0.2, -0.15) is 0 Å². The van der Waals surface area contributed by atoms with Crippen LogP contribution in [0, 0.1) is 11.8 Å². The maximum atomic E-state index is 9.53. The monoisotopic (exact) mass is 274 g/mol. The normalized spacial score (nSPS) is 16.6. The topological polar surface area (TPSA) is 58.7 Å². The first-order valence-electron chi connectivity index (χ1n) is 6.99. The molecule has 0 radical (unpaired) electrons. The van der Waals surface area contributed by atoms with Gasteiger partial charge in [0.1, 0.15) is 5.75 Å². The Kier molecular flexibility index (Phi) is 5.42. The molecule has 3 N–H and O–H groups in total. The summed E-state index contributed by atoms with van der Waals surface area (Å²) in [6, 6.07) is 6.08. The molecule has 0 amide bonds. The van der Waals surface area contributed by atoms with Crippen LogP contribution in [0.15, 0.2) is 18.2 Å². The number of likely N-dealkylation sites (tertiary alicyclic amines) is 1. The maximum Gasteiger partial charge on any atom is 0.134 e. The number of aliphatic hydroxyl groups excluding tert-OH is 1. The third kappa shape index (κ3) is 3.97. The summed E-state index contributed by atoms with van der Waals surface area (Å²) in [5.41, 5.74) is 7.52. The molecule has 1 heterocycles. The van der Waals surface area contributed by atoms with E-state index in [2.05, 4.69) is 28.9 Å². The zero-order chi connectivity index (χ0) is 14.4. The molecular weight excluding hydrogens is 252 g/mol. The number of methoxy groups -OCH3 is 1. The van der Waals surface area contributed by atoms with Crippen LogP contribution in [0.2, 0.25) is 0 Å². The summed E-state index contributed by atoms with van der Waals surface area (Å²) in [6.45, 7) is 3.11. The van der Waals surface area contributed by atoms with Gasteiger partial charge < -0.3 is 15.6 Å². The van der Waals surface area contributed by atoms with Crippen LogP contribution in [0.3, 0.4) is 0 Å². The summed E-state index contributed by atoms with van der Waals surface area (Å²) < 4.78 is 5.31. The van der Waals surface area contributed by atoms with E-state index < -0.39 is 0 Å². The summed E-state index contributed by atoms with van der Waals surface area (Å²) >= 11 is 0. The van der Waals surface area contributed by atoms with Crippen molar-refractivity contribution in [3.8, 4) is 17.6 Å². The van der Waals surface area contributed by atoms with Gasteiger partial charge in [0.25, 0.3) is 0 Å². The van der Waals surface area contributed by atoms with Crippen LogP contribution in [-0.4, -0.2) is 42.9 Å². The summed E-state index contributed by atoms with van der Waals surface area (Å²) in [5.74, 6) is 6.70. The average molecular weight is 274 g/mol. The van der Waals surface area contributed by atoms with Gasteiger partial charge in [-0.1, -0.05) is 17.9 Å². The minimum atomic E-state index is -0.131. The number of aliphatic hydroxyl groups is 1. The predicted octanol–water partition coefficient (Wildman–Crippen LogP) is 0.962. The van der Waals surface area contributed by atoms with Crippen LogP contribution in [0.25, 0.3) is 0 Å². The van der Waals surface area contributed by atoms with Crippen LogP contribution in [0.5, 0.6) is 5.75 Å². The Morgan fingerprint density at radius 2 is 2.15 bits per heavy atom. The van der Waals surface area contributed by atoms with E-state index in [1.165, 1.54) is 5.56 Å². The van der Waals surface area contributed by atoms with Gasteiger partial charge in [0, 0.05) is 19.6 Å². The lowest BCUT2D eigenvalue weighted by atomic mass is 10.1. The van der Waals surface area contributed by atoms with Crippen LogP contribution >= 0.6 is 0 Å². The average Bonchev–Trinajstić information content (AvgIpc) is 2.47. The fraction of sp³-hybridized carbons (Fsp3) is 0.500. The molecule has 1 aromatic rings. The summed E-state index contributed by atoms with van der Waals surface area (Å²) in [6.07, 6.45) is 1.58. The molecule has 1 aliphatic heterocycles. The Morgan fingerprint density at radius 3 is 2.80 bits per heavy atom. The van der Waals surface area contributed by atoms with E-state index in [-0.39, 0.29) is 6.10 Å². The summed E-state index contributed by atoms with van der Waals surface area (Å²) in [5, 5.41) is 9.53. The molecule has 0 aromatic heterocycles. The molecular formula is C16H22N2O2. The van der Waals surface area contributed by atoms with Gasteiger partial charge in [-0.15, -0.1) is 0 Å². The van der Waals surface area contributed by atoms with Crippen molar-refractivity contribution in [2.45, 2.75) is 25.5 Å². The molecule has 1 fully saturated rings. The quantitative estimate of drug-likeness (QED) is 0.806.